The fourth-order valence-corrected chi connectivity index (χ4v) is 2.00. The van der Waals surface area contributed by atoms with Crippen molar-refractivity contribution in [3.8, 4) is 0 Å². The SMILES string of the molecule is COCCCCCNC(=O)CC1CCCN1. The van der Waals surface area contributed by atoms with Gasteiger partial charge >= 0.3 is 0 Å². The smallest absolute Gasteiger partial charge is 0.221 e. The van der Waals surface area contributed by atoms with E-state index in [0.29, 0.717) is 12.5 Å². The van der Waals surface area contributed by atoms with Crippen molar-refractivity contribution in [2.75, 3.05) is 26.8 Å². The number of amides is 1. The molecule has 0 aromatic carbocycles. The Labute approximate surface area is 98.1 Å². The molecule has 1 saturated heterocycles. The van der Waals surface area contributed by atoms with Crippen LogP contribution in [0.5, 0.6) is 0 Å². The summed E-state index contributed by atoms with van der Waals surface area (Å²) in [6, 6.07) is 0.411. The number of unbranched alkanes of at least 4 members (excludes halogenated alkanes) is 2. The van der Waals surface area contributed by atoms with Crippen LogP contribution >= 0.6 is 0 Å². The van der Waals surface area contributed by atoms with Crippen molar-refractivity contribution < 1.29 is 9.53 Å². The molecule has 1 atom stereocenters. The molecule has 0 aliphatic carbocycles. The van der Waals surface area contributed by atoms with Crippen molar-refractivity contribution >= 4 is 5.91 Å². The molecule has 1 aliphatic heterocycles. The van der Waals surface area contributed by atoms with Crippen molar-refractivity contribution in [2.24, 2.45) is 0 Å². The van der Waals surface area contributed by atoms with Gasteiger partial charge in [0.05, 0.1) is 0 Å². The molecule has 0 radical (unpaired) electrons. The van der Waals surface area contributed by atoms with Crippen LogP contribution in [0.15, 0.2) is 0 Å². The summed E-state index contributed by atoms with van der Waals surface area (Å²) < 4.78 is 4.96. The fourth-order valence-electron chi connectivity index (χ4n) is 2.00. The maximum absolute atomic E-state index is 11.5. The first kappa shape index (κ1) is 13.5. The number of rotatable bonds is 8. The molecule has 94 valence electrons. The van der Waals surface area contributed by atoms with E-state index in [1.165, 1.54) is 6.42 Å². The molecule has 0 bridgehead atoms. The quantitative estimate of drug-likeness (QED) is 0.611. The standard InChI is InChI=1S/C12H24N2O2/c1-16-9-4-2-3-7-14-12(15)10-11-6-5-8-13-11/h11,13H,2-10H2,1H3,(H,14,15). The average molecular weight is 228 g/mol. The number of methoxy groups -OCH3 is 1. The van der Waals surface area contributed by atoms with Gasteiger partial charge < -0.3 is 15.4 Å². The lowest BCUT2D eigenvalue weighted by Crippen LogP contribution is -2.32. The minimum absolute atomic E-state index is 0.186. The molecule has 1 rings (SSSR count). The molecule has 1 fully saturated rings. The summed E-state index contributed by atoms with van der Waals surface area (Å²) in [5.74, 6) is 0.186. The second-order valence-electron chi connectivity index (χ2n) is 4.40. The van der Waals surface area contributed by atoms with Crippen molar-refractivity contribution in [1.82, 2.24) is 10.6 Å². The number of ether oxygens (including phenoxy) is 1. The third-order valence-electron chi connectivity index (χ3n) is 2.94. The maximum Gasteiger partial charge on any atom is 0.221 e. The number of carbonyl (C=O) groups excluding carboxylic acids is 1. The highest BCUT2D eigenvalue weighted by Crippen LogP contribution is 2.08. The Morgan fingerprint density at radius 2 is 2.31 bits per heavy atom. The Morgan fingerprint density at radius 1 is 1.44 bits per heavy atom. The van der Waals surface area contributed by atoms with Crippen molar-refractivity contribution in [3.63, 3.8) is 0 Å². The summed E-state index contributed by atoms with van der Waals surface area (Å²) in [5, 5.41) is 6.30. The summed E-state index contributed by atoms with van der Waals surface area (Å²) in [6.07, 6.45) is 6.23. The molecule has 1 heterocycles. The summed E-state index contributed by atoms with van der Waals surface area (Å²) in [4.78, 5) is 11.5. The Morgan fingerprint density at radius 3 is 3.00 bits per heavy atom. The highest BCUT2D eigenvalue weighted by molar-refractivity contribution is 5.76. The lowest BCUT2D eigenvalue weighted by molar-refractivity contribution is -0.121. The summed E-state index contributed by atoms with van der Waals surface area (Å²) >= 11 is 0. The van der Waals surface area contributed by atoms with Crippen LogP contribution in [0.25, 0.3) is 0 Å². The molecule has 0 spiro atoms. The lowest BCUT2D eigenvalue weighted by Gasteiger charge is -2.10. The first-order chi connectivity index (χ1) is 7.83. The summed E-state index contributed by atoms with van der Waals surface area (Å²) in [6.45, 7) is 2.68. The van der Waals surface area contributed by atoms with Gasteiger partial charge in [0.25, 0.3) is 0 Å². The summed E-state index contributed by atoms with van der Waals surface area (Å²) in [5.41, 5.74) is 0. The second kappa shape index (κ2) is 8.53. The molecule has 0 aromatic heterocycles. The van der Waals surface area contributed by atoms with Crippen LogP contribution in [0.4, 0.5) is 0 Å². The van der Waals surface area contributed by atoms with Crippen LogP contribution in [0.1, 0.15) is 38.5 Å². The van der Waals surface area contributed by atoms with Gasteiger partial charge in [-0.1, -0.05) is 0 Å². The minimum atomic E-state index is 0.186. The zero-order valence-corrected chi connectivity index (χ0v) is 10.3. The average Bonchev–Trinajstić information content (AvgIpc) is 2.76. The molecular weight excluding hydrogens is 204 g/mol. The van der Waals surface area contributed by atoms with Crippen molar-refractivity contribution in [1.29, 1.82) is 0 Å². The van der Waals surface area contributed by atoms with E-state index in [-0.39, 0.29) is 5.91 Å². The first-order valence-corrected chi connectivity index (χ1v) is 6.32. The summed E-state index contributed by atoms with van der Waals surface area (Å²) in [7, 11) is 1.72. The van der Waals surface area contributed by atoms with Gasteiger partial charge in [-0.05, 0) is 38.6 Å². The molecule has 0 saturated carbocycles. The van der Waals surface area contributed by atoms with E-state index >= 15 is 0 Å². The maximum atomic E-state index is 11.5. The van der Waals surface area contributed by atoms with Crippen LogP contribution in [-0.4, -0.2) is 38.8 Å². The number of hydrogen-bond donors (Lipinski definition) is 2. The predicted molar refractivity (Wildman–Crippen MR) is 64.4 cm³/mol. The van der Waals surface area contributed by atoms with Gasteiger partial charge in [-0.25, -0.2) is 0 Å². The van der Waals surface area contributed by atoms with Crippen molar-refractivity contribution in [3.05, 3.63) is 0 Å². The third-order valence-corrected chi connectivity index (χ3v) is 2.94. The van der Waals surface area contributed by atoms with Crippen LogP contribution in [0.2, 0.25) is 0 Å². The minimum Gasteiger partial charge on any atom is -0.385 e. The van der Waals surface area contributed by atoms with Gasteiger partial charge in [0.2, 0.25) is 5.91 Å². The normalized spacial score (nSPS) is 19.9. The van der Waals surface area contributed by atoms with E-state index in [9.17, 15) is 4.79 Å². The second-order valence-corrected chi connectivity index (χ2v) is 4.40. The van der Waals surface area contributed by atoms with E-state index < -0.39 is 0 Å². The Balaban J connectivity index is 1.89. The highest BCUT2D eigenvalue weighted by Gasteiger charge is 2.16. The number of hydrogen-bond acceptors (Lipinski definition) is 3. The Kier molecular flexibility index (Phi) is 7.17. The topological polar surface area (TPSA) is 50.4 Å². The van der Waals surface area contributed by atoms with Crippen molar-refractivity contribution in [2.45, 2.75) is 44.6 Å². The van der Waals surface area contributed by atoms with Crippen LogP contribution in [0, 0.1) is 0 Å². The van der Waals surface area contributed by atoms with Gasteiger partial charge in [-0.2, -0.15) is 0 Å². The number of carbonyl (C=O) groups is 1. The van der Waals surface area contributed by atoms with Gasteiger partial charge in [0.1, 0.15) is 0 Å². The van der Waals surface area contributed by atoms with Gasteiger partial charge in [0.15, 0.2) is 0 Å². The van der Waals surface area contributed by atoms with Gasteiger partial charge in [0, 0.05) is 32.7 Å². The van der Waals surface area contributed by atoms with Gasteiger partial charge in [-0.15, -0.1) is 0 Å². The first-order valence-electron chi connectivity index (χ1n) is 6.32. The van der Waals surface area contributed by atoms with Gasteiger partial charge in [-0.3, -0.25) is 4.79 Å². The zero-order chi connectivity index (χ0) is 11.6. The monoisotopic (exact) mass is 228 g/mol. The molecule has 1 aliphatic rings. The molecular formula is C12H24N2O2. The zero-order valence-electron chi connectivity index (χ0n) is 10.3. The van der Waals surface area contributed by atoms with Crippen LogP contribution in [-0.2, 0) is 9.53 Å². The van der Waals surface area contributed by atoms with E-state index in [1.54, 1.807) is 7.11 Å². The molecule has 1 unspecified atom stereocenters. The lowest BCUT2D eigenvalue weighted by atomic mass is 10.1. The molecule has 0 aromatic rings. The Hall–Kier alpha value is -0.610. The van der Waals surface area contributed by atoms with E-state index in [4.69, 9.17) is 4.74 Å². The highest BCUT2D eigenvalue weighted by atomic mass is 16.5. The molecule has 1 amide bonds. The van der Waals surface area contributed by atoms with Crippen LogP contribution in [0.3, 0.4) is 0 Å². The third kappa shape index (κ3) is 6.08. The predicted octanol–water partition coefficient (Wildman–Crippen LogP) is 1.06. The number of nitrogens with one attached hydrogen (secondary N) is 2. The molecule has 4 nitrogen and oxygen atoms in total. The Bertz CT molecular complexity index is 191. The molecule has 16 heavy (non-hydrogen) atoms. The molecule has 4 heteroatoms. The molecule has 2 N–H and O–H groups in total. The van der Waals surface area contributed by atoms with Crippen LogP contribution < -0.4 is 10.6 Å². The van der Waals surface area contributed by atoms with E-state index in [2.05, 4.69) is 10.6 Å². The largest absolute Gasteiger partial charge is 0.385 e. The van der Waals surface area contributed by atoms with E-state index in [0.717, 1.165) is 45.4 Å². The van der Waals surface area contributed by atoms with E-state index in [1.807, 2.05) is 0 Å². The fraction of sp³-hybridized carbons (Fsp3) is 0.917.